The molecule has 1 N–H and O–H groups in total. The highest BCUT2D eigenvalue weighted by Gasteiger charge is 2.14. The number of nitriles is 1. The zero-order chi connectivity index (χ0) is 16.7. The molecule has 0 fully saturated rings. The Morgan fingerprint density at radius 3 is 2.65 bits per heavy atom. The Morgan fingerprint density at radius 2 is 2.00 bits per heavy atom. The molecule has 0 aromatic heterocycles. The van der Waals surface area contributed by atoms with Gasteiger partial charge in [0.15, 0.2) is 0 Å². The van der Waals surface area contributed by atoms with Crippen molar-refractivity contribution in [3.05, 3.63) is 64.2 Å². The molecular weight excluding hydrogens is 292 g/mol. The highest BCUT2D eigenvalue weighted by molar-refractivity contribution is 5.64. The second-order valence-corrected chi connectivity index (χ2v) is 5.14. The van der Waals surface area contributed by atoms with Gasteiger partial charge in [-0.15, -0.1) is 0 Å². The first-order valence-corrected chi connectivity index (χ1v) is 7.30. The van der Waals surface area contributed by atoms with Crippen LogP contribution in [0.1, 0.15) is 12.0 Å². The van der Waals surface area contributed by atoms with Crippen molar-refractivity contribution >= 4 is 17.1 Å². The number of hydrogen-bond donors (Lipinski definition) is 1. The summed E-state index contributed by atoms with van der Waals surface area (Å²) in [4.78, 5) is 12.7. The average molecular weight is 310 g/mol. The third-order valence-electron chi connectivity index (χ3n) is 3.51. The average Bonchev–Trinajstić information content (AvgIpc) is 2.59. The van der Waals surface area contributed by atoms with Crippen molar-refractivity contribution in [2.75, 3.05) is 30.4 Å². The molecule has 0 saturated heterocycles. The fourth-order valence-corrected chi connectivity index (χ4v) is 2.25. The summed E-state index contributed by atoms with van der Waals surface area (Å²) in [5, 5.41) is 23.0. The van der Waals surface area contributed by atoms with Crippen LogP contribution in [0, 0.1) is 21.4 Å². The molecule has 0 spiro atoms. The predicted molar refractivity (Wildman–Crippen MR) is 90.6 cm³/mol. The minimum atomic E-state index is -0.473. The summed E-state index contributed by atoms with van der Waals surface area (Å²) in [7, 11) is 2.01. The molecule has 2 aromatic rings. The lowest BCUT2D eigenvalue weighted by Gasteiger charge is -2.19. The smallest absolute Gasteiger partial charge is 0.293 e. The van der Waals surface area contributed by atoms with Crippen molar-refractivity contribution < 1.29 is 4.92 Å². The van der Waals surface area contributed by atoms with Crippen LogP contribution >= 0.6 is 0 Å². The van der Waals surface area contributed by atoms with E-state index >= 15 is 0 Å². The molecule has 6 heteroatoms. The second kappa shape index (κ2) is 7.80. The Labute approximate surface area is 135 Å². The van der Waals surface area contributed by atoms with Gasteiger partial charge in [0.05, 0.1) is 16.6 Å². The third kappa shape index (κ3) is 4.45. The molecule has 0 amide bonds. The summed E-state index contributed by atoms with van der Waals surface area (Å²) < 4.78 is 0. The molecule has 2 rings (SSSR count). The van der Waals surface area contributed by atoms with E-state index in [1.807, 2.05) is 43.4 Å². The molecule has 2 aromatic carbocycles. The number of nitrogens with one attached hydrogen (secondary N) is 1. The van der Waals surface area contributed by atoms with E-state index in [0.29, 0.717) is 12.2 Å². The van der Waals surface area contributed by atoms with Gasteiger partial charge in [-0.25, -0.2) is 0 Å². The maximum Gasteiger partial charge on any atom is 0.293 e. The Hall–Kier alpha value is -3.07. The summed E-state index contributed by atoms with van der Waals surface area (Å²) >= 11 is 0. The van der Waals surface area contributed by atoms with Gasteiger partial charge in [-0.05, 0) is 30.7 Å². The van der Waals surface area contributed by atoms with Gasteiger partial charge in [-0.3, -0.25) is 10.1 Å². The standard InChI is InChI=1S/C17H18N4O2/c1-20(15-6-3-2-4-7-15)11-5-10-19-16-9-8-14(13-18)12-17(16)21(22)23/h2-4,6-9,12,19H,5,10-11H2,1H3. The number of nitrogens with zero attached hydrogens (tertiary/aromatic N) is 3. The number of nitro groups is 1. The number of benzene rings is 2. The summed E-state index contributed by atoms with van der Waals surface area (Å²) in [6.07, 6.45) is 0.836. The van der Waals surface area contributed by atoms with Gasteiger partial charge >= 0.3 is 0 Å². The van der Waals surface area contributed by atoms with Crippen molar-refractivity contribution in [3.8, 4) is 6.07 Å². The molecule has 23 heavy (non-hydrogen) atoms. The van der Waals surface area contributed by atoms with E-state index in [1.54, 1.807) is 12.1 Å². The minimum Gasteiger partial charge on any atom is -0.379 e. The molecular formula is C17H18N4O2. The number of anilines is 2. The van der Waals surface area contributed by atoms with Gasteiger partial charge in [0.25, 0.3) is 5.69 Å². The number of rotatable bonds is 7. The van der Waals surface area contributed by atoms with E-state index in [0.717, 1.165) is 18.7 Å². The van der Waals surface area contributed by atoms with E-state index in [2.05, 4.69) is 10.2 Å². The van der Waals surface area contributed by atoms with Gasteiger partial charge in [-0.1, -0.05) is 18.2 Å². The maximum atomic E-state index is 11.1. The van der Waals surface area contributed by atoms with Crippen molar-refractivity contribution in [1.82, 2.24) is 0 Å². The van der Waals surface area contributed by atoms with Gasteiger partial charge < -0.3 is 10.2 Å². The molecule has 0 aliphatic heterocycles. The molecule has 0 aliphatic carbocycles. The van der Waals surface area contributed by atoms with E-state index in [9.17, 15) is 10.1 Å². The molecule has 0 saturated carbocycles. The van der Waals surface area contributed by atoms with Gasteiger partial charge in [0.1, 0.15) is 5.69 Å². The molecule has 0 heterocycles. The van der Waals surface area contributed by atoms with Gasteiger partial charge in [0.2, 0.25) is 0 Å². The van der Waals surface area contributed by atoms with E-state index in [1.165, 1.54) is 6.07 Å². The molecule has 118 valence electrons. The Balaban J connectivity index is 1.89. The van der Waals surface area contributed by atoms with E-state index in [4.69, 9.17) is 5.26 Å². The molecule has 0 unspecified atom stereocenters. The van der Waals surface area contributed by atoms with Gasteiger partial charge in [0, 0.05) is 31.9 Å². The molecule has 0 atom stereocenters. The molecule has 0 radical (unpaired) electrons. The van der Waals surface area contributed by atoms with Crippen LogP contribution in [0.2, 0.25) is 0 Å². The van der Waals surface area contributed by atoms with Crippen LogP contribution in [0.5, 0.6) is 0 Å². The lowest BCUT2D eigenvalue weighted by Crippen LogP contribution is -2.20. The Morgan fingerprint density at radius 1 is 1.26 bits per heavy atom. The lowest BCUT2D eigenvalue weighted by molar-refractivity contribution is -0.384. The number of nitro benzene ring substituents is 1. The fourth-order valence-electron chi connectivity index (χ4n) is 2.25. The van der Waals surface area contributed by atoms with Crippen LogP contribution in [0.15, 0.2) is 48.5 Å². The van der Waals surface area contributed by atoms with Crippen LogP contribution in [0.4, 0.5) is 17.1 Å². The summed E-state index contributed by atoms with van der Waals surface area (Å²) in [5.74, 6) is 0. The maximum absolute atomic E-state index is 11.1. The molecule has 0 aliphatic rings. The van der Waals surface area contributed by atoms with Gasteiger partial charge in [-0.2, -0.15) is 5.26 Å². The third-order valence-corrected chi connectivity index (χ3v) is 3.51. The highest BCUT2D eigenvalue weighted by Crippen LogP contribution is 2.25. The van der Waals surface area contributed by atoms with Crippen molar-refractivity contribution in [2.45, 2.75) is 6.42 Å². The monoisotopic (exact) mass is 310 g/mol. The first-order chi connectivity index (χ1) is 11.1. The summed E-state index contributed by atoms with van der Waals surface area (Å²) in [6, 6.07) is 16.4. The van der Waals surface area contributed by atoms with Crippen LogP contribution in [-0.2, 0) is 0 Å². The zero-order valence-electron chi connectivity index (χ0n) is 12.9. The summed E-state index contributed by atoms with van der Waals surface area (Å²) in [5.41, 5.74) is 1.79. The fraction of sp³-hybridized carbons (Fsp3) is 0.235. The minimum absolute atomic E-state index is 0.0690. The zero-order valence-corrected chi connectivity index (χ0v) is 12.9. The van der Waals surface area contributed by atoms with E-state index < -0.39 is 4.92 Å². The Kier molecular flexibility index (Phi) is 5.53. The van der Waals surface area contributed by atoms with Crippen LogP contribution in [-0.4, -0.2) is 25.1 Å². The first-order valence-electron chi connectivity index (χ1n) is 7.30. The lowest BCUT2D eigenvalue weighted by atomic mass is 10.2. The van der Waals surface area contributed by atoms with Crippen LogP contribution < -0.4 is 10.2 Å². The van der Waals surface area contributed by atoms with Crippen molar-refractivity contribution in [1.29, 1.82) is 5.26 Å². The van der Waals surface area contributed by atoms with E-state index in [-0.39, 0.29) is 11.3 Å². The Bertz CT molecular complexity index is 710. The van der Waals surface area contributed by atoms with Crippen LogP contribution in [0.3, 0.4) is 0 Å². The SMILES string of the molecule is CN(CCCNc1ccc(C#N)cc1[N+](=O)[O-])c1ccccc1. The normalized spacial score (nSPS) is 9.91. The topological polar surface area (TPSA) is 82.2 Å². The molecule has 6 nitrogen and oxygen atoms in total. The largest absolute Gasteiger partial charge is 0.379 e. The molecule has 0 bridgehead atoms. The van der Waals surface area contributed by atoms with Crippen molar-refractivity contribution in [3.63, 3.8) is 0 Å². The van der Waals surface area contributed by atoms with Crippen LogP contribution in [0.25, 0.3) is 0 Å². The summed E-state index contributed by atoms with van der Waals surface area (Å²) in [6.45, 7) is 1.45. The quantitative estimate of drug-likeness (QED) is 0.481. The highest BCUT2D eigenvalue weighted by atomic mass is 16.6. The second-order valence-electron chi connectivity index (χ2n) is 5.14. The first kappa shape index (κ1) is 16.3. The van der Waals surface area contributed by atoms with Crippen molar-refractivity contribution in [2.24, 2.45) is 0 Å². The number of hydrogen-bond acceptors (Lipinski definition) is 5. The predicted octanol–water partition coefficient (Wildman–Crippen LogP) is 3.40. The number of para-hydroxylation sites is 1.